The predicted molar refractivity (Wildman–Crippen MR) is 59.6 cm³/mol. The van der Waals surface area contributed by atoms with Crippen LogP contribution in [0, 0.1) is 29.1 Å². The smallest absolute Gasteiger partial charge is 0.302 e. The Labute approximate surface area is 96.0 Å². The topological polar surface area (TPSA) is 26.3 Å². The van der Waals surface area contributed by atoms with Gasteiger partial charge in [-0.05, 0) is 54.8 Å². The van der Waals surface area contributed by atoms with Crippen LogP contribution in [-0.4, -0.2) is 12.1 Å². The van der Waals surface area contributed by atoms with Gasteiger partial charge in [-0.25, -0.2) is 0 Å². The van der Waals surface area contributed by atoms with Gasteiger partial charge < -0.3 is 4.74 Å². The molecule has 16 heavy (non-hydrogen) atoms. The van der Waals surface area contributed by atoms with Crippen LogP contribution in [0.1, 0.15) is 32.6 Å². The molecule has 86 valence electrons. The molecule has 6 unspecified atom stereocenters. The minimum atomic E-state index is -0.0923. The summed E-state index contributed by atoms with van der Waals surface area (Å²) in [4.78, 5) is 11.1. The van der Waals surface area contributed by atoms with E-state index in [2.05, 4.69) is 12.2 Å². The maximum absolute atomic E-state index is 11.1. The van der Waals surface area contributed by atoms with Gasteiger partial charge in [0.25, 0.3) is 0 Å². The molecule has 0 N–H and O–H groups in total. The van der Waals surface area contributed by atoms with Crippen LogP contribution < -0.4 is 0 Å². The molecule has 0 amide bonds. The van der Waals surface area contributed by atoms with E-state index in [-0.39, 0.29) is 12.1 Å². The van der Waals surface area contributed by atoms with Gasteiger partial charge >= 0.3 is 5.97 Å². The summed E-state index contributed by atoms with van der Waals surface area (Å²) < 4.78 is 5.49. The first-order valence-corrected chi connectivity index (χ1v) is 6.55. The Hall–Kier alpha value is -0.790. The third kappa shape index (κ3) is 0.922. The Balaban J connectivity index is 1.62. The molecule has 0 aliphatic heterocycles. The zero-order valence-corrected chi connectivity index (χ0v) is 9.69. The number of carbonyl (C=O) groups excluding carboxylic acids is 1. The molecule has 0 aromatic rings. The van der Waals surface area contributed by atoms with Crippen molar-refractivity contribution in [3.8, 4) is 0 Å². The van der Waals surface area contributed by atoms with Gasteiger partial charge in [0.2, 0.25) is 0 Å². The van der Waals surface area contributed by atoms with Crippen molar-refractivity contribution in [3.05, 3.63) is 12.2 Å². The lowest BCUT2D eigenvalue weighted by atomic mass is 9.70. The number of rotatable bonds is 1. The van der Waals surface area contributed by atoms with Gasteiger partial charge in [0.15, 0.2) is 0 Å². The highest BCUT2D eigenvalue weighted by Gasteiger charge is 2.72. The molecular formula is C14H18O2. The molecule has 0 saturated heterocycles. The molecule has 4 rings (SSSR count). The van der Waals surface area contributed by atoms with Gasteiger partial charge in [0, 0.05) is 6.92 Å². The maximum atomic E-state index is 11.1. The largest absolute Gasteiger partial charge is 0.462 e. The quantitative estimate of drug-likeness (QED) is 0.499. The Morgan fingerprint density at radius 2 is 2.31 bits per heavy atom. The molecule has 2 heteroatoms. The lowest BCUT2D eigenvalue weighted by Crippen LogP contribution is -2.36. The van der Waals surface area contributed by atoms with Crippen LogP contribution >= 0.6 is 0 Å². The average molecular weight is 218 g/mol. The van der Waals surface area contributed by atoms with Crippen molar-refractivity contribution in [2.75, 3.05) is 0 Å². The van der Waals surface area contributed by atoms with Crippen molar-refractivity contribution >= 4 is 5.97 Å². The summed E-state index contributed by atoms with van der Waals surface area (Å²) in [6, 6.07) is 0. The standard InChI is InChI=1S/C14H18O2/c1-8(15)16-13-6-10-5-11(13)12-4-2-3-9-7-14(9,10)12/h2-3,9-13H,4-7H2,1H3. The summed E-state index contributed by atoms with van der Waals surface area (Å²) in [5.41, 5.74) is 0.663. The molecule has 0 radical (unpaired) electrons. The van der Waals surface area contributed by atoms with Crippen molar-refractivity contribution < 1.29 is 9.53 Å². The molecule has 0 heterocycles. The van der Waals surface area contributed by atoms with E-state index in [0.717, 1.165) is 24.2 Å². The lowest BCUT2D eigenvalue weighted by Gasteiger charge is -2.37. The van der Waals surface area contributed by atoms with Crippen LogP contribution in [-0.2, 0) is 9.53 Å². The fourth-order valence-corrected chi connectivity index (χ4v) is 5.19. The zero-order chi connectivity index (χ0) is 10.9. The lowest BCUT2D eigenvalue weighted by molar-refractivity contribution is -0.151. The van der Waals surface area contributed by atoms with E-state index in [1.54, 1.807) is 6.92 Å². The molecule has 2 bridgehead atoms. The number of hydrogen-bond acceptors (Lipinski definition) is 2. The number of carbonyl (C=O) groups is 1. The number of esters is 1. The van der Waals surface area contributed by atoms with Crippen molar-refractivity contribution in [2.45, 2.75) is 38.7 Å². The fourth-order valence-electron chi connectivity index (χ4n) is 5.19. The van der Waals surface area contributed by atoms with Crippen molar-refractivity contribution in [2.24, 2.45) is 29.1 Å². The van der Waals surface area contributed by atoms with E-state index in [0.29, 0.717) is 11.3 Å². The van der Waals surface area contributed by atoms with Crippen LogP contribution in [0.15, 0.2) is 12.2 Å². The van der Waals surface area contributed by atoms with E-state index in [4.69, 9.17) is 4.74 Å². The molecule has 2 nitrogen and oxygen atoms in total. The molecule has 1 spiro atoms. The first-order valence-electron chi connectivity index (χ1n) is 6.55. The van der Waals surface area contributed by atoms with Crippen LogP contribution in [0.5, 0.6) is 0 Å². The second-order valence-electron chi connectivity index (χ2n) is 6.17. The van der Waals surface area contributed by atoms with E-state index in [1.807, 2.05) is 0 Å². The SMILES string of the molecule is CC(=O)OC1CC2CC1C1CC=CC3CC321. The van der Waals surface area contributed by atoms with Crippen molar-refractivity contribution in [3.63, 3.8) is 0 Å². The number of ether oxygens (including phenoxy) is 1. The highest BCUT2D eigenvalue weighted by Crippen LogP contribution is 2.77. The summed E-state index contributed by atoms with van der Waals surface area (Å²) >= 11 is 0. The number of allylic oxidation sites excluding steroid dienone is 2. The van der Waals surface area contributed by atoms with Crippen LogP contribution in [0.25, 0.3) is 0 Å². The maximum Gasteiger partial charge on any atom is 0.302 e. The van der Waals surface area contributed by atoms with Gasteiger partial charge in [-0.15, -0.1) is 0 Å². The molecule has 3 fully saturated rings. The summed E-state index contributed by atoms with van der Waals surface area (Å²) in [6.45, 7) is 1.54. The molecule has 4 aliphatic rings. The van der Waals surface area contributed by atoms with Crippen LogP contribution in [0.3, 0.4) is 0 Å². The van der Waals surface area contributed by atoms with Gasteiger partial charge in [0.05, 0.1) is 0 Å². The summed E-state index contributed by atoms with van der Waals surface area (Å²) in [5.74, 6) is 3.13. The third-order valence-electron chi connectivity index (χ3n) is 5.70. The molecule has 0 aromatic carbocycles. The van der Waals surface area contributed by atoms with Crippen molar-refractivity contribution in [1.82, 2.24) is 0 Å². The molecule has 6 atom stereocenters. The van der Waals surface area contributed by atoms with Gasteiger partial charge in [-0.2, -0.15) is 0 Å². The van der Waals surface area contributed by atoms with Crippen LogP contribution in [0.2, 0.25) is 0 Å². The second-order valence-corrected chi connectivity index (χ2v) is 6.17. The molecule has 0 aromatic heterocycles. The van der Waals surface area contributed by atoms with Crippen molar-refractivity contribution in [1.29, 1.82) is 0 Å². The van der Waals surface area contributed by atoms with E-state index < -0.39 is 0 Å². The van der Waals surface area contributed by atoms with E-state index in [1.165, 1.54) is 19.3 Å². The van der Waals surface area contributed by atoms with Gasteiger partial charge in [-0.1, -0.05) is 12.2 Å². The summed E-state index contributed by atoms with van der Waals surface area (Å²) in [7, 11) is 0. The Bertz CT molecular complexity index is 386. The number of hydrogen-bond donors (Lipinski definition) is 0. The Morgan fingerprint density at radius 1 is 1.44 bits per heavy atom. The summed E-state index contributed by atoms with van der Waals surface area (Å²) in [6.07, 6.45) is 10.2. The first-order chi connectivity index (χ1) is 7.72. The first kappa shape index (κ1) is 9.26. The molecular weight excluding hydrogens is 200 g/mol. The Morgan fingerprint density at radius 3 is 3.12 bits per heavy atom. The minimum absolute atomic E-state index is 0.0923. The normalized spacial score (nSPS) is 55.7. The zero-order valence-electron chi connectivity index (χ0n) is 9.69. The third-order valence-corrected chi connectivity index (χ3v) is 5.70. The minimum Gasteiger partial charge on any atom is -0.462 e. The van der Waals surface area contributed by atoms with E-state index in [9.17, 15) is 4.79 Å². The number of fused-ring (bicyclic) bond motifs is 3. The van der Waals surface area contributed by atoms with Gasteiger partial charge in [-0.3, -0.25) is 4.79 Å². The van der Waals surface area contributed by atoms with E-state index >= 15 is 0 Å². The highest BCUT2D eigenvalue weighted by atomic mass is 16.5. The average Bonchev–Trinajstić information content (AvgIpc) is 2.74. The predicted octanol–water partition coefficient (Wildman–Crippen LogP) is 2.54. The van der Waals surface area contributed by atoms with Gasteiger partial charge in [0.1, 0.15) is 6.10 Å². The molecule has 4 aliphatic carbocycles. The second kappa shape index (κ2) is 2.72. The Kier molecular flexibility index (Phi) is 1.57. The molecule has 3 saturated carbocycles. The van der Waals surface area contributed by atoms with Crippen LogP contribution in [0.4, 0.5) is 0 Å². The summed E-state index contributed by atoms with van der Waals surface area (Å²) in [5, 5.41) is 0. The monoisotopic (exact) mass is 218 g/mol. The highest BCUT2D eigenvalue weighted by molar-refractivity contribution is 5.66. The fraction of sp³-hybridized carbons (Fsp3) is 0.786.